The SMILES string of the molecule is N=C(N)N1CC=C(c2ccc3sc4ccc(C5=CCN(C(=N)N)CC5)cc4c3c2)CC1. The third-order valence-corrected chi connectivity index (χ3v) is 7.46. The van der Waals surface area contributed by atoms with Crippen molar-refractivity contribution in [3.63, 3.8) is 0 Å². The Morgan fingerprint density at radius 1 is 0.742 bits per heavy atom. The molecule has 31 heavy (non-hydrogen) atoms. The van der Waals surface area contributed by atoms with Gasteiger partial charge in [-0.3, -0.25) is 10.8 Å². The second-order valence-corrected chi connectivity index (χ2v) is 9.23. The Bertz CT molecular complexity index is 1170. The van der Waals surface area contributed by atoms with E-state index in [0.29, 0.717) is 13.1 Å². The molecule has 0 saturated heterocycles. The maximum Gasteiger partial charge on any atom is 0.188 e. The van der Waals surface area contributed by atoms with Crippen LogP contribution in [0.5, 0.6) is 0 Å². The van der Waals surface area contributed by atoms with Crippen molar-refractivity contribution < 1.29 is 0 Å². The molecule has 3 heterocycles. The summed E-state index contributed by atoms with van der Waals surface area (Å²) in [5, 5.41) is 17.9. The summed E-state index contributed by atoms with van der Waals surface area (Å²) in [6, 6.07) is 13.5. The first kappa shape index (κ1) is 19.6. The van der Waals surface area contributed by atoms with Crippen molar-refractivity contribution in [3.05, 3.63) is 59.7 Å². The van der Waals surface area contributed by atoms with Crippen LogP contribution in [0.4, 0.5) is 0 Å². The van der Waals surface area contributed by atoms with Crippen LogP contribution in [0, 0.1) is 10.8 Å². The Morgan fingerprint density at radius 2 is 1.19 bits per heavy atom. The highest BCUT2D eigenvalue weighted by Gasteiger charge is 2.17. The molecule has 0 fully saturated rings. The van der Waals surface area contributed by atoms with E-state index in [4.69, 9.17) is 22.3 Å². The second-order valence-electron chi connectivity index (χ2n) is 8.15. The number of nitrogens with zero attached hydrogens (tertiary/aromatic N) is 2. The molecule has 3 aromatic rings. The molecule has 7 heteroatoms. The number of thiophene rings is 1. The predicted octanol–water partition coefficient (Wildman–Crippen LogP) is 4.02. The minimum absolute atomic E-state index is 0.144. The molecule has 0 bridgehead atoms. The maximum atomic E-state index is 7.63. The highest BCUT2D eigenvalue weighted by molar-refractivity contribution is 7.25. The van der Waals surface area contributed by atoms with Crippen LogP contribution in [0.25, 0.3) is 31.3 Å². The van der Waals surface area contributed by atoms with E-state index in [1.807, 2.05) is 21.1 Å². The van der Waals surface area contributed by atoms with Gasteiger partial charge in [0.05, 0.1) is 0 Å². The van der Waals surface area contributed by atoms with Gasteiger partial charge in [0.1, 0.15) is 0 Å². The van der Waals surface area contributed by atoms with Crippen molar-refractivity contribution in [1.29, 1.82) is 10.8 Å². The minimum atomic E-state index is 0.144. The van der Waals surface area contributed by atoms with Crippen molar-refractivity contribution in [2.24, 2.45) is 11.5 Å². The fraction of sp³-hybridized carbons (Fsp3) is 0.250. The number of nitrogens with two attached hydrogens (primary N) is 2. The van der Waals surface area contributed by atoms with Crippen molar-refractivity contribution in [1.82, 2.24) is 9.80 Å². The molecule has 0 atom stereocenters. The number of fused-ring (bicyclic) bond motifs is 3. The van der Waals surface area contributed by atoms with Crippen LogP contribution >= 0.6 is 11.3 Å². The van der Waals surface area contributed by atoms with Crippen LogP contribution in [0.1, 0.15) is 24.0 Å². The van der Waals surface area contributed by atoms with Crippen LogP contribution in [-0.2, 0) is 0 Å². The van der Waals surface area contributed by atoms with Crippen LogP contribution in [0.2, 0.25) is 0 Å². The fourth-order valence-corrected chi connectivity index (χ4v) is 5.54. The van der Waals surface area contributed by atoms with Gasteiger partial charge >= 0.3 is 0 Å². The summed E-state index contributed by atoms with van der Waals surface area (Å²) >= 11 is 1.84. The molecule has 6 N–H and O–H groups in total. The Kier molecular flexibility index (Phi) is 4.90. The lowest BCUT2D eigenvalue weighted by atomic mass is 9.96. The van der Waals surface area contributed by atoms with Gasteiger partial charge in [-0.2, -0.15) is 0 Å². The standard InChI is InChI=1S/C24H26N6S/c25-23(26)29-9-5-15(6-10-29)17-1-3-21-19(13-17)20-14-18(2-4-22(20)31-21)16-7-11-30(12-8-16)24(27)28/h1-5,7,13-14H,6,8-12H2,(H3,25,26)(H3,27,28). The molecule has 0 unspecified atom stereocenters. The van der Waals surface area contributed by atoms with E-state index in [9.17, 15) is 0 Å². The zero-order valence-corrected chi connectivity index (χ0v) is 18.1. The zero-order chi connectivity index (χ0) is 21.5. The van der Waals surface area contributed by atoms with E-state index in [1.165, 1.54) is 42.4 Å². The van der Waals surface area contributed by atoms with Gasteiger partial charge < -0.3 is 21.3 Å². The van der Waals surface area contributed by atoms with Gasteiger partial charge in [0.2, 0.25) is 0 Å². The number of rotatable bonds is 2. The number of hydrogen-bond acceptors (Lipinski definition) is 3. The molecule has 0 amide bonds. The minimum Gasteiger partial charge on any atom is -0.370 e. The Hall–Kier alpha value is -3.32. The highest BCUT2D eigenvalue weighted by atomic mass is 32.1. The van der Waals surface area contributed by atoms with E-state index in [1.54, 1.807) is 0 Å². The quantitative estimate of drug-likeness (QED) is 0.364. The van der Waals surface area contributed by atoms with E-state index in [-0.39, 0.29) is 11.9 Å². The van der Waals surface area contributed by atoms with E-state index in [2.05, 4.69) is 48.6 Å². The largest absolute Gasteiger partial charge is 0.370 e. The summed E-state index contributed by atoms with van der Waals surface area (Å²) in [5.74, 6) is 0.288. The molecule has 0 aliphatic carbocycles. The number of hydrogen-bond donors (Lipinski definition) is 4. The predicted molar refractivity (Wildman–Crippen MR) is 131 cm³/mol. The lowest BCUT2D eigenvalue weighted by Gasteiger charge is -2.26. The molecule has 2 aromatic carbocycles. The number of nitrogens with one attached hydrogen (secondary N) is 2. The Labute approximate surface area is 185 Å². The van der Waals surface area contributed by atoms with Crippen LogP contribution in [0.3, 0.4) is 0 Å². The van der Waals surface area contributed by atoms with Crippen molar-refractivity contribution in [3.8, 4) is 0 Å². The zero-order valence-electron chi connectivity index (χ0n) is 17.3. The van der Waals surface area contributed by atoms with Crippen molar-refractivity contribution >= 4 is 54.6 Å². The second kappa shape index (κ2) is 7.74. The van der Waals surface area contributed by atoms with Gasteiger partial charge in [-0.25, -0.2) is 0 Å². The third kappa shape index (κ3) is 3.65. The van der Waals surface area contributed by atoms with Gasteiger partial charge in [-0.05, 0) is 59.4 Å². The molecule has 1 aromatic heterocycles. The van der Waals surface area contributed by atoms with Gasteiger partial charge in [-0.15, -0.1) is 11.3 Å². The van der Waals surface area contributed by atoms with Gasteiger partial charge in [0, 0.05) is 46.4 Å². The van der Waals surface area contributed by atoms with Crippen molar-refractivity contribution in [2.45, 2.75) is 12.8 Å². The normalized spacial score (nSPS) is 17.0. The van der Waals surface area contributed by atoms with Gasteiger partial charge in [-0.1, -0.05) is 24.3 Å². The highest BCUT2D eigenvalue weighted by Crippen LogP contribution is 2.38. The topological polar surface area (TPSA) is 106 Å². The lowest BCUT2D eigenvalue weighted by Crippen LogP contribution is -2.39. The molecule has 0 saturated carbocycles. The number of guanidine groups is 2. The molecule has 5 rings (SSSR count). The summed E-state index contributed by atoms with van der Waals surface area (Å²) in [6.07, 6.45) is 6.19. The fourth-order valence-electron chi connectivity index (χ4n) is 4.48. The molecule has 2 aliphatic heterocycles. The summed E-state index contributed by atoms with van der Waals surface area (Å²) in [6.45, 7) is 2.98. The molecular formula is C24H26N6S. The van der Waals surface area contributed by atoms with Crippen molar-refractivity contribution in [2.75, 3.05) is 26.2 Å². The summed E-state index contributed by atoms with van der Waals surface area (Å²) in [7, 11) is 0. The molecule has 2 aliphatic rings. The first-order chi connectivity index (χ1) is 15.0. The Balaban J connectivity index is 1.50. The van der Waals surface area contributed by atoms with Crippen LogP contribution < -0.4 is 11.5 Å². The van der Waals surface area contributed by atoms with E-state index in [0.717, 1.165) is 25.9 Å². The van der Waals surface area contributed by atoms with E-state index < -0.39 is 0 Å². The third-order valence-electron chi connectivity index (χ3n) is 6.31. The molecular weight excluding hydrogens is 404 g/mol. The lowest BCUT2D eigenvalue weighted by molar-refractivity contribution is 0.451. The average Bonchev–Trinajstić information content (AvgIpc) is 3.16. The van der Waals surface area contributed by atoms with E-state index >= 15 is 0 Å². The molecule has 0 radical (unpaired) electrons. The van der Waals surface area contributed by atoms with Crippen LogP contribution in [0.15, 0.2) is 48.6 Å². The number of benzene rings is 2. The van der Waals surface area contributed by atoms with Crippen LogP contribution in [-0.4, -0.2) is 47.9 Å². The first-order valence-corrected chi connectivity index (χ1v) is 11.3. The average molecular weight is 431 g/mol. The summed E-state index contributed by atoms with van der Waals surface area (Å²) in [4.78, 5) is 3.78. The molecule has 158 valence electrons. The van der Waals surface area contributed by atoms with Gasteiger partial charge in [0.15, 0.2) is 11.9 Å². The monoisotopic (exact) mass is 430 g/mol. The maximum absolute atomic E-state index is 7.63. The summed E-state index contributed by atoms with van der Waals surface area (Å²) in [5.41, 5.74) is 16.4. The molecule has 0 spiro atoms. The smallest absolute Gasteiger partial charge is 0.188 e. The first-order valence-electron chi connectivity index (χ1n) is 10.5. The van der Waals surface area contributed by atoms with Gasteiger partial charge in [0.25, 0.3) is 0 Å². The molecule has 6 nitrogen and oxygen atoms in total. The summed E-state index contributed by atoms with van der Waals surface area (Å²) < 4.78 is 2.61. The Morgan fingerprint density at radius 3 is 1.55 bits per heavy atom.